The van der Waals surface area contributed by atoms with E-state index in [1.54, 1.807) is 41.4 Å². The molecule has 302 valence electrons. The molecule has 1 unspecified atom stereocenters. The predicted molar refractivity (Wildman–Crippen MR) is 203 cm³/mol. The van der Waals surface area contributed by atoms with Gasteiger partial charge in [-0.15, -0.1) is 0 Å². The molecular weight excluding hydrogens is 757 g/mol. The molecule has 0 radical (unpaired) electrons. The van der Waals surface area contributed by atoms with Crippen LogP contribution >= 0.6 is 0 Å². The van der Waals surface area contributed by atoms with Gasteiger partial charge in [-0.3, -0.25) is 34.2 Å². The van der Waals surface area contributed by atoms with Gasteiger partial charge in [0.15, 0.2) is 0 Å². The maximum Gasteiger partial charge on any atom is 0.417 e. The van der Waals surface area contributed by atoms with Crippen LogP contribution in [0.2, 0.25) is 0 Å². The first-order valence-corrected chi connectivity index (χ1v) is 19.5. The van der Waals surface area contributed by atoms with Crippen molar-refractivity contribution in [3.8, 4) is 11.8 Å². The molecule has 5 aliphatic rings. The number of benzene rings is 2. The quantitative estimate of drug-likeness (QED) is 0.298. The van der Waals surface area contributed by atoms with E-state index in [1.165, 1.54) is 12.1 Å². The molecule has 5 aliphatic heterocycles. The molecule has 0 bridgehead atoms. The number of ether oxygens (including phenoxy) is 1. The molecule has 3 aromatic rings. The summed E-state index contributed by atoms with van der Waals surface area (Å²) in [6, 6.07) is 13.0. The number of carbonyl (C=O) groups excluding carboxylic acids is 5. The molecule has 6 heterocycles. The third-order valence-corrected chi connectivity index (χ3v) is 11.7. The van der Waals surface area contributed by atoms with E-state index in [9.17, 15) is 37.1 Å². The number of alkyl halides is 3. The summed E-state index contributed by atoms with van der Waals surface area (Å²) in [4.78, 5) is 75.0. The van der Waals surface area contributed by atoms with E-state index < -0.39 is 47.0 Å². The molecule has 2 aromatic carbocycles. The van der Waals surface area contributed by atoms with E-state index >= 15 is 0 Å². The van der Waals surface area contributed by atoms with Gasteiger partial charge in [-0.2, -0.15) is 18.4 Å². The lowest BCUT2D eigenvalue weighted by Gasteiger charge is -2.44. The number of nitrogens with zero attached hydrogens (tertiary/aromatic N) is 6. The summed E-state index contributed by atoms with van der Waals surface area (Å²) in [5, 5.41) is 14.1. The van der Waals surface area contributed by atoms with Gasteiger partial charge < -0.3 is 24.8 Å². The minimum Gasteiger partial charge on any atom is -0.489 e. The highest BCUT2D eigenvalue weighted by atomic mass is 19.4. The first kappa shape index (κ1) is 38.8. The van der Waals surface area contributed by atoms with Crippen molar-refractivity contribution in [3.05, 3.63) is 77.0 Å². The average molecular weight is 799 g/mol. The first-order valence-electron chi connectivity index (χ1n) is 19.5. The Morgan fingerprint density at radius 3 is 2.26 bits per heavy atom. The van der Waals surface area contributed by atoms with Crippen molar-refractivity contribution in [2.24, 2.45) is 11.8 Å². The van der Waals surface area contributed by atoms with E-state index in [0.29, 0.717) is 49.1 Å². The molecule has 4 saturated heterocycles. The van der Waals surface area contributed by atoms with Crippen molar-refractivity contribution in [3.63, 3.8) is 0 Å². The zero-order valence-corrected chi connectivity index (χ0v) is 31.5. The molecule has 5 amide bonds. The van der Waals surface area contributed by atoms with Gasteiger partial charge in [-0.25, -0.2) is 4.98 Å². The second-order valence-electron chi connectivity index (χ2n) is 15.5. The molecule has 1 aromatic heterocycles. The number of pyridine rings is 1. The normalized spacial score (nSPS) is 21.1. The van der Waals surface area contributed by atoms with E-state index in [4.69, 9.17) is 10.00 Å². The van der Waals surface area contributed by atoms with Gasteiger partial charge in [0, 0.05) is 75.4 Å². The number of hydrogen-bond donors (Lipinski definition) is 2. The predicted octanol–water partition coefficient (Wildman–Crippen LogP) is 4.21. The lowest BCUT2D eigenvalue weighted by molar-refractivity contribution is -0.138. The van der Waals surface area contributed by atoms with Gasteiger partial charge in [0.1, 0.15) is 23.7 Å². The summed E-state index contributed by atoms with van der Waals surface area (Å²) in [5.41, 5.74) is 0.381. The van der Waals surface area contributed by atoms with Crippen LogP contribution < -0.4 is 25.2 Å². The molecule has 0 spiro atoms. The number of piperidine rings is 3. The maximum absolute atomic E-state index is 13.4. The third-order valence-electron chi connectivity index (χ3n) is 11.7. The number of rotatable bonds is 9. The van der Waals surface area contributed by atoms with Crippen LogP contribution in [0.5, 0.6) is 5.75 Å². The maximum atomic E-state index is 13.4. The lowest BCUT2D eigenvalue weighted by Crippen LogP contribution is -2.54. The van der Waals surface area contributed by atoms with Crippen molar-refractivity contribution in [2.45, 2.75) is 56.8 Å². The van der Waals surface area contributed by atoms with Gasteiger partial charge in [0.2, 0.25) is 17.7 Å². The number of nitriles is 1. The topological polar surface area (TPSA) is 168 Å². The van der Waals surface area contributed by atoms with Crippen molar-refractivity contribution in [1.29, 1.82) is 5.26 Å². The Balaban J connectivity index is 0.747. The Morgan fingerprint density at radius 2 is 1.59 bits per heavy atom. The summed E-state index contributed by atoms with van der Waals surface area (Å²) in [5.74, 6) is -1.15. The molecule has 0 saturated carbocycles. The Hall–Kier alpha value is -6.02. The Kier molecular flexibility index (Phi) is 10.5. The zero-order chi connectivity index (χ0) is 40.7. The van der Waals surface area contributed by atoms with Gasteiger partial charge in [0.25, 0.3) is 11.8 Å². The van der Waals surface area contributed by atoms with E-state index in [1.807, 2.05) is 6.07 Å². The number of nitrogens with one attached hydrogen (secondary N) is 2. The van der Waals surface area contributed by atoms with Crippen LogP contribution in [0.1, 0.15) is 70.4 Å². The van der Waals surface area contributed by atoms with Crippen LogP contribution in [0.3, 0.4) is 0 Å². The summed E-state index contributed by atoms with van der Waals surface area (Å²) in [6.07, 6.45) is -0.224. The van der Waals surface area contributed by atoms with Crippen LogP contribution in [-0.4, -0.2) is 102 Å². The highest BCUT2D eigenvalue weighted by Crippen LogP contribution is 2.36. The van der Waals surface area contributed by atoms with Crippen LogP contribution in [-0.2, 0) is 20.6 Å². The molecule has 2 N–H and O–H groups in total. The molecule has 58 heavy (non-hydrogen) atoms. The second kappa shape index (κ2) is 15.7. The number of imide groups is 2. The van der Waals surface area contributed by atoms with Crippen molar-refractivity contribution < 1.29 is 41.9 Å². The molecule has 0 aliphatic carbocycles. The van der Waals surface area contributed by atoms with E-state index in [2.05, 4.69) is 25.4 Å². The molecular formula is C41H41F3N8O6. The first-order chi connectivity index (χ1) is 27.8. The Morgan fingerprint density at radius 1 is 0.879 bits per heavy atom. The number of amides is 5. The lowest BCUT2D eigenvalue weighted by atomic mass is 9.95. The van der Waals surface area contributed by atoms with Crippen molar-refractivity contribution in [1.82, 2.24) is 20.1 Å². The van der Waals surface area contributed by atoms with Gasteiger partial charge in [-0.1, -0.05) is 0 Å². The summed E-state index contributed by atoms with van der Waals surface area (Å²) >= 11 is 0. The number of hydrogen-bond acceptors (Lipinski definition) is 11. The second-order valence-corrected chi connectivity index (χ2v) is 15.5. The summed E-state index contributed by atoms with van der Waals surface area (Å²) in [7, 11) is 0. The fraction of sp³-hybridized carbons (Fsp3) is 0.439. The van der Waals surface area contributed by atoms with E-state index in [0.717, 1.165) is 62.2 Å². The number of likely N-dealkylation sites (tertiary alicyclic amines) is 1. The molecule has 17 heteroatoms. The average Bonchev–Trinajstić information content (AvgIpc) is 3.44. The number of fused-ring (bicyclic) bond motifs is 1. The number of halogens is 3. The van der Waals surface area contributed by atoms with E-state index in [-0.39, 0.29) is 41.9 Å². The highest BCUT2D eigenvalue weighted by molar-refractivity contribution is 6.23. The molecule has 14 nitrogen and oxygen atoms in total. The molecule has 4 fully saturated rings. The monoisotopic (exact) mass is 798 g/mol. The van der Waals surface area contributed by atoms with Gasteiger partial charge in [-0.05, 0) is 80.6 Å². The highest BCUT2D eigenvalue weighted by Gasteiger charge is 2.45. The van der Waals surface area contributed by atoms with Crippen LogP contribution in [0.4, 0.5) is 30.4 Å². The number of carbonyl (C=O) groups is 5. The number of aromatic nitrogens is 1. The molecule has 1 atom stereocenters. The number of anilines is 3. The van der Waals surface area contributed by atoms with Crippen LogP contribution in [0, 0.1) is 23.2 Å². The summed E-state index contributed by atoms with van der Waals surface area (Å²) in [6.45, 7) is 5.11. The van der Waals surface area contributed by atoms with Crippen LogP contribution in [0.15, 0.2) is 54.7 Å². The molecule has 8 rings (SSSR count). The fourth-order valence-electron chi connectivity index (χ4n) is 8.53. The fourth-order valence-corrected chi connectivity index (χ4v) is 8.53. The van der Waals surface area contributed by atoms with Crippen LogP contribution in [0.25, 0.3) is 0 Å². The van der Waals surface area contributed by atoms with Gasteiger partial charge in [0.05, 0.1) is 34.5 Å². The van der Waals surface area contributed by atoms with Crippen molar-refractivity contribution in [2.75, 3.05) is 60.9 Å². The minimum absolute atomic E-state index is 0.0243. The SMILES string of the molecule is N#Cc1ccc(N2CCC(C(=O)Nc3ccc(OC4CCN(CC5CN(c6ccc7c(c6)C(=O)N(C6CCC(=O)NC6=O)C7=O)C5)CC4)cn3)CC2)cc1C(F)(F)F. The largest absolute Gasteiger partial charge is 0.489 e. The zero-order valence-electron chi connectivity index (χ0n) is 31.5. The third kappa shape index (κ3) is 7.93. The van der Waals surface area contributed by atoms with Crippen molar-refractivity contribution >= 4 is 46.7 Å². The van der Waals surface area contributed by atoms with Gasteiger partial charge >= 0.3 is 6.18 Å². The smallest absolute Gasteiger partial charge is 0.417 e. The Bertz CT molecular complexity index is 2170. The standard InChI is InChI=1S/C41H41F3N8O6/c42-41(43,44)33-18-28(2-1-26(33)19-45)50-15-9-25(10-16-50)37(54)47-35-7-4-30(20-46-35)58-29-11-13-49(14-12-29)21-24-22-51(23-24)27-3-5-31-32(17-27)40(57)52(39(31)56)34-6-8-36(53)48-38(34)55/h1-5,7,17-18,20,24-25,29,34H,6,8-16,21-23H2,(H,46,47,54)(H,48,53,55). The minimum atomic E-state index is -4.63. The summed E-state index contributed by atoms with van der Waals surface area (Å²) < 4.78 is 46.5. The Labute approximate surface area is 331 Å².